The average Bonchev–Trinajstić information content (AvgIpc) is 2.39. The summed E-state index contributed by atoms with van der Waals surface area (Å²) >= 11 is 6.84. The Morgan fingerprint density at radius 2 is 1.86 bits per heavy atom. The molecule has 0 saturated heterocycles. The van der Waals surface area contributed by atoms with Gasteiger partial charge in [0.1, 0.15) is 0 Å². The summed E-state index contributed by atoms with van der Waals surface area (Å²) in [4.78, 5) is 23.0. The Balaban J connectivity index is 2.39. The second-order valence-electron chi connectivity index (χ2n) is 4.38. The lowest BCUT2D eigenvalue weighted by molar-refractivity contribution is -0.143. The Hall–Kier alpha value is -0.920. The lowest BCUT2D eigenvalue weighted by Crippen LogP contribution is -2.30. The van der Waals surface area contributed by atoms with Crippen LogP contribution in [0.1, 0.15) is 18.9 Å². The first-order chi connectivity index (χ1) is 9.93. The second-order valence-corrected chi connectivity index (χ2v) is 6.09. The number of hydrogen-bond donors (Lipinski definition) is 2. The Kier molecular flexibility index (Phi) is 7.92. The van der Waals surface area contributed by atoms with Gasteiger partial charge in [-0.15, -0.1) is 0 Å². The molecule has 0 aliphatic carbocycles. The third-order valence-electron chi connectivity index (χ3n) is 2.55. The SMILES string of the molecule is CCOC(=O)CCNCC(=O)Nc1c(Br)cc(C)cc1Br. The first-order valence-corrected chi connectivity index (χ1v) is 8.14. The van der Waals surface area contributed by atoms with E-state index in [9.17, 15) is 9.59 Å². The minimum Gasteiger partial charge on any atom is -0.466 e. The van der Waals surface area contributed by atoms with Gasteiger partial charge < -0.3 is 15.4 Å². The number of carbonyl (C=O) groups excluding carboxylic acids is 2. The quantitative estimate of drug-likeness (QED) is 0.524. The van der Waals surface area contributed by atoms with Crippen molar-refractivity contribution in [1.29, 1.82) is 0 Å². The minimum atomic E-state index is -0.269. The first-order valence-electron chi connectivity index (χ1n) is 6.56. The number of aryl methyl sites for hydroxylation is 1. The Labute approximate surface area is 141 Å². The molecular weight excluding hydrogens is 404 g/mol. The van der Waals surface area contributed by atoms with Crippen LogP contribution in [0, 0.1) is 6.92 Å². The fourth-order valence-corrected chi connectivity index (χ4v) is 3.24. The monoisotopic (exact) mass is 420 g/mol. The number of anilines is 1. The Bertz CT molecular complexity index is 498. The summed E-state index contributed by atoms with van der Waals surface area (Å²) in [5.41, 5.74) is 1.78. The Morgan fingerprint density at radius 1 is 1.24 bits per heavy atom. The molecule has 0 heterocycles. The molecule has 21 heavy (non-hydrogen) atoms. The molecule has 0 radical (unpaired) electrons. The van der Waals surface area contributed by atoms with Crippen molar-refractivity contribution in [3.63, 3.8) is 0 Å². The molecule has 0 fully saturated rings. The molecule has 0 spiro atoms. The maximum atomic E-state index is 11.8. The lowest BCUT2D eigenvalue weighted by atomic mass is 10.2. The van der Waals surface area contributed by atoms with E-state index in [1.165, 1.54) is 0 Å². The molecule has 7 heteroatoms. The van der Waals surface area contributed by atoms with Crippen LogP contribution in [-0.4, -0.2) is 31.6 Å². The van der Waals surface area contributed by atoms with Gasteiger partial charge in [-0.25, -0.2) is 0 Å². The van der Waals surface area contributed by atoms with E-state index in [2.05, 4.69) is 42.5 Å². The predicted molar refractivity (Wildman–Crippen MR) is 89.3 cm³/mol. The van der Waals surface area contributed by atoms with E-state index in [0.29, 0.717) is 18.8 Å². The van der Waals surface area contributed by atoms with Crippen molar-refractivity contribution in [2.45, 2.75) is 20.3 Å². The van der Waals surface area contributed by atoms with Crippen LogP contribution in [0.4, 0.5) is 5.69 Å². The van der Waals surface area contributed by atoms with Gasteiger partial charge in [-0.2, -0.15) is 0 Å². The van der Waals surface area contributed by atoms with E-state index in [1.807, 2.05) is 19.1 Å². The summed E-state index contributed by atoms with van der Waals surface area (Å²) in [6.07, 6.45) is 0.249. The number of rotatable bonds is 7. The highest BCUT2D eigenvalue weighted by atomic mass is 79.9. The third-order valence-corrected chi connectivity index (χ3v) is 3.80. The number of ether oxygens (including phenoxy) is 1. The van der Waals surface area contributed by atoms with Gasteiger partial charge in [0.05, 0.1) is 25.3 Å². The van der Waals surface area contributed by atoms with Crippen molar-refractivity contribution >= 4 is 49.4 Å². The number of benzene rings is 1. The van der Waals surface area contributed by atoms with Crippen molar-refractivity contribution in [3.05, 3.63) is 26.6 Å². The Morgan fingerprint density at radius 3 is 2.43 bits per heavy atom. The van der Waals surface area contributed by atoms with Crippen LogP contribution in [0.25, 0.3) is 0 Å². The molecule has 0 unspecified atom stereocenters. The molecule has 0 saturated carbocycles. The van der Waals surface area contributed by atoms with E-state index in [-0.39, 0.29) is 24.8 Å². The molecular formula is C14H18Br2N2O3. The van der Waals surface area contributed by atoms with Gasteiger partial charge >= 0.3 is 5.97 Å². The van der Waals surface area contributed by atoms with Crippen molar-refractivity contribution < 1.29 is 14.3 Å². The summed E-state index contributed by atoms with van der Waals surface area (Å²) in [6.45, 7) is 4.64. The molecule has 2 N–H and O–H groups in total. The highest BCUT2D eigenvalue weighted by Gasteiger charge is 2.10. The summed E-state index contributed by atoms with van der Waals surface area (Å²) in [6, 6.07) is 3.85. The largest absolute Gasteiger partial charge is 0.466 e. The van der Waals surface area contributed by atoms with Crippen LogP contribution in [0.2, 0.25) is 0 Å². The second kappa shape index (κ2) is 9.17. The number of nitrogens with one attached hydrogen (secondary N) is 2. The zero-order valence-electron chi connectivity index (χ0n) is 12.0. The molecule has 116 valence electrons. The molecule has 0 aliphatic heterocycles. The van der Waals surface area contributed by atoms with E-state index in [0.717, 1.165) is 14.5 Å². The molecule has 0 bridgehead atoms. The van der Waals surface area contributed by atoms with Gasteiger partial charge in [-0.1, -0.05) is 0 Å². The van der Waals surface area contributed by atoms with E-state index in [4.69, 9.17) is 4.74 Å². The standard InChI is InChI=1S/C14H18Br2N2O3/c1-3-21-13(20)4-5-17-8-12(19)18-14-10(15)6-9(2)7-11(14)16/h6-7,17H,3-5,8H2,1-2H3,(H,18,19). The summed E-state index contributed by atoms with van der Waals surface area (Å²) in [5, 5.41) is 5.71. The molecule has 1 aromatic rings. The molecule has 0 aromatic heterocycles. The van der Waals surface area contributed by atoms with Crippen molar-refractivity contribution in [2.75, 3.05) is 25.0 Å². The average molecular weight is 422 g/mol. The molecule has 1 amide bonds. The maximum Gasteiger partial charge on any atom is 0.307 e. The van der Waals surface area contributed by atoms with Crippen LogP contribution >= 0.6 is 31.9 Å². The van der Waals surface area contributed by atoms with E-state index >= 15 is 0 Å². The van der Waals surface area contributed by atoms with Crippen molar-refractivity contribution in [1.82, 2.24) is 5.32 Å². The van der Waals surface area contributed by atoms with Gasteiger partial charge in [-0.05, 0) is 63.4 Å². The first kappa shape index (κ1) is 18.1. The van der Waals surface area contributed by atoms with E-state index < -0.39 is 0 Å². The molecule has 0 atom stereocenters. The summed E-state index contributed by atoms with van der Waals surface area (Å²) in [7, 11) is 0. The van der Waals surface area contributed by atoms with Gasteiger partial charge in [0.2, 0.25) is 5.91 Å². The molecule has 0 aliphatic rings. The van der Waals surface area contributed by atoms with Gasteiger partial charge in [0, 0.05) is 15.5 Å². The molecule has 5 nitrogen and oxygen atoms in total. The lowest BCUT2D eigenvalue weighted by Gasteiger charge is -2.11. The fourth-order valence-electron chi connectivity index (χ4n) is 1.63. The molecule has 1 rings (SSSR count). The van der Waals surface area contributed by atoms with Gasteiger partial charge in [-0.3, -0.25) is 9.59 Å². The molecule has 1 aromatic carbocycles. The fraction of sp³-hybridized carbons (Fsp3) is 0.429. The van der Waals surface area contributed by atoms with Gasteiger partial charge in [0.25, 0.3) is 0 Å². The van der Waals surface area contributed by atoms with Crippen LogP contribution in [0.15, 0.2) is 21.1 Å². The van der Waals surface area contributed by atoms with Crippen LogP contribution in [0.3, 0.4) is 0 Å². The zero-order valence-corrected chi connectivity index (χ0v) is 15.1. The highest BCUT2D eigenvalue weighted by Crippen LogP contribution is 2.32. The third kappa shape index (κ3) is 6.58. The number of hydrogen-bond acceptors (Lipinski definition) is 4. The van der Waals surface area contributed by atoms with Crippen LogP contribution in [-0.2, 0) is 14.3 Å². The normalized spacial score (nSPS) is 10.3. The minimum absolute atomic E-state index is 0.131. The topological polar surface area (TPSA) is 67.4 Å². The number of esters is 1. The zero-order chi connectivity index (χ0) is 15.8. The van der Waals surface area contributed by atoms with Crippen molar-refractivity contribution in [2.24, 2.45) is 0 Å². The number of amides is 1. The maximum absolute atomic E-state index is 11.8. The predicted octanol–water partition coefficient (Wildman–Crippen LogP) is 3.00. The highest BCUT2D eigenvalue weighted by molar-refractivity contribution is 9.11. The number of halogens is 2. The van der Waals surface area contributed by atoms with E-state index in [1.54, 1.807) is 6.92 Å². The van der Waals surface area contributed by atoms with Crippen LogP contribution in [0.5, 0.6) is 0 Å². The summed E-state index contributed by atoms with van der Waals surface area (Å²) < 4.78 is 6.42. The number of carbonyl (C=O) groups is 2. The van der Waals surface area contributed by atoms with Crippen LogP contribution < -0.4 is 10.6 Å². The van der Waals surface area contributed by atoms with Gasteiger partial charge in [0.15, 0.2) is 0 Å². The summed E-state index contributed by atoms with van der Waals surface area (Å²) in [5.74, 6) is -0.446. The van der Waals surface area contributed by atoms with Crippen molar-refractivity contribution in [3.8, 4) is 0 Å². The smallest absolute Gasteiger partial charge is 0.307 e.